The molecular weight excluding hydrogens is 450 g/mol. The average Bonchev–Trinajstić information content (AvgIpc) is 2.87. The topological polar surface area (TPSA) is 58.6 Å². The minimum absolute atomic E-state index is 0.0957. The molecule has 1 N–H and O–H groups in total. The summed E-state index contributed by atoms with van der Waals surface area (Å²) in [5, 5.41) is 2.96. The highest BCUT2D eigenvalue weighted by Gasteiger charge is 2.31. The van der Waals surface area contributed by atoms with E-state index in [0.717, 1.165) is 12.0 Å². The van der Waals surface area contributed by atoms with Gasteiger partial charge in [-0.3, -0.25) is 9.59 Å². The van der Waals surface area contributed by atoms with Crippen molar-refractivity contribution in [3.8, 4) is 5.75 Å². The number of nitrogens with zero attached hydrogens (tertiary/aromatic N) is 1. The number of ether oxygens (including phenoxy) is 1. The molecule has 35 heavy (non-hydrogen) atoms. The number of benzene rings is 3. The summed E-state index contributed by atoms with van der Waals surface area (Å²) >= 11 is 0. The molecule has 3 rings (SSSR count). The summed E-state index contributed by atoms with van der Waals surface area (Å²) in [5.41, 5.74) is 1.15. The van der Waals surface area contributed by atoms with Crippen LogP contribution in [0.5, 0.6) is 5.75 Å². The molecule has 0 aliphatic carbocycles. The number of carbonyl (C=O) groups excluding carboxylic acids is 2. The van der Waals surface area contributed by atoms with Gasteiger partial charge >= 0.3 is 0 Å². The van der Waals surface area contributed by atoms with E-state index in [1.54, 1.807) is 18.2 Å². The van der Waals surface area contributed by atoms with Gasteiger partial charge in [-0.15, -0.1) is 0 Å². The lowest BCUT2D eigenvalue weighted by molar-refractivity contribution is -0.143. The Balaban J connectivity index is 1.91. The largest absolute Gasteiger partial charge is 0.484 e. The van der Waals surface area contributed by atoms with Crippen molar-refractivity contribution in [3.05, 3.63) is 102 Å². The molecule has 0 unspecified atom stereocenters. The van der Waals surface area contributed by atoms with E-state index >= 15 is 0 Å². The molecule has 3 aromatic rings. The molecule has 0 heterocycles. The predicted octanol–water partition coefficient (Wildman–Crippen LogP) is 4.90. The fraction of sp³-hybridized carbons (Fsp3) is 0.286. The molecule has 0 saturated carbocycles. The number of nitrogens with one attached hydrogen (secondary N) is 1. The van der Waals surface area contributed by atoms with E-state index in [1.165, 1.54) is 35.2 Å². The Morgan fingerprint density at radius 3 is 2.26 bits per heavy atom. The van der Waals surface area contributed by atoms with Crippen LogP contribution in [-0.2, 0) is 22.6 Å². The molecule has 0 aliphatic heterocycles. The molecule has 184 valence electrons. The molecule has 0 fully saturated rings. The van der Waals surface area contributed by atoms with Crippen LogP contribution in [0.15, 0.2) is 78.9 Å². The third kappa shape index (κ3) is 7.64. The Labute approximate surface area is 204 Å². The van der Waals surface area contributed by atoms with Crippen LogP contribution in [0.3, 0.4) is 0 Å². The Morgan fingerprint density at radius 1 is 0.943 bits per heavy atom. The fourth-order valence-corrected chi connectivity index (χ4v) is 3.56. The number of amides is 2. The summed E-state index contributed by atoms with van der Waals surface area (Å²) in [4.78, 5) is 28.1. The maximum absolute atomic E-state index is 14.6. The van der Waals surface area contributed by atoms with E-state index in [0.29, 0.717) is 5.75 Å². The summed E-state index contributed by atoms with van der Waals surface area (Å²) < 4.78 is 33.3. The molecule has 0 spiro atoms. The Hall–Kier alpha value is -3.74. The van der Waals surface area contributed by atoms with Crippen molar-refractivity contribution in [1.82, 2.24) is 10.2 Å². The van der Waals surface area contributed by atoms with Crippen LogP contribution in [-0.4, -0.2) is 35.4 Å². The number of carbonyl (C=O) groups is 2. The van der Waals surface area contributed by atoms with E-state index < -0.39 is 23.6 Å². The second-order valence-corrected chi connectivity index (χ2v) is 8.38. The van der Waals surface area contributed by atoms with E-state index in [2.05, 4.69) is 5.32 Å². The van der Waals surface area contributed by atoms with E-state index in [1.807, 2.05) is 44.2 Å². The van der Waals surface area contributed by atoms with Crippen molar-refractivity contribution in [3.63, 3.8) is 0 Å². The van der Waals surface area contributed by atoms with Crippen LogP contribution in [0, 0.1) is 11.6 Å². The summed E-state index contributed by atoms with van der Waals surface area (Å²) in [6, 6.07) is 19.8. The van der Waals surface area contributed by atoms with E-state index in [4.69, 9.17) is 4.74 Å². The van der Waals surface area contributed by atoms with Crippen LogP contribution in [0.1, 0.15) is 31.4 Å². The van der Waals surface area contributed by atoms with Crippen molar-refractivity contribution >= 4 is 11.8 Å². The van der Waals surface area contributed by atoms with Gasteiger partial charge in [0.2, 0.25) is 5.91 Å². The van der Waals surface area contributed by atoms with Crippen molar-refractivity contribution in [2.24, 2.45) is 0 Å². The SMILES string of the molecule is CC[C@@H](C)NC(=O)[C@H](Cc1ccccc1)N(Cc1ccccc1F)C(=O)COc1ccc(F)cc1. The highest BCUT2D eigenvalue weighted by Crippen LogP contribution is 2.18. The first-order chi connectivity index (χ1) is 16.9. The predicted molar refractivity (Wildman–Crippen MR) is 131 cm³/mol. The molecule has 3 aromatic carbocycles. The van der Waals surface area contributed by atoms with Crippen molar-refractivity contribution in [2.45, 2.75) is 45.3 Å². The monoisotopic (exact) mass is 480 g/mol. The zero-order chi connectivity index (χ0) is 25.2. The number of hydrogen-bond donors (Lipinski definition) is 1. The van der Waals surface area contributed by atoms with Gasteiger partial charge in [-0.2, -0.15) is 0 Å². The first kappa shape index (κ1) is 25.9. The Bertz CT molecular complexity index is 1110. The van der Waals surface area contributed by atoms with Gasteiger partial charge in [0.1, 0.15) is 23.4 Å². The molecule has 0 bridgehead atoms. The summed E-state index contributed by atoms with van der Waals surface area (Å²) in [6.45, 7) is 3.35. The average molecular weight is 481 g/mol. The van der Waals surface area contributed by atoms with E-state index in [-0.39, 0.29) is 37.1 Å². The molecule has 0 aliphatic rings. The molecule has 7 heteroatoms. The lowest BCUT2D eigenvalue weighted by atomic mass is 10.0. The maximum Gasteiger partial charge on any atom is 0.261 e. The quantitative estimate of drug-likeness (QED) is 0.425. The number of hydrogen-bond acceptors (Lipinski definition) is 3. The van der Waals surface area contributed by atoms with Gasteiger partial charge in [0.25, 0.3) is 5.91 Å². The Kier molecular flexibility index (Phi) is 9.35. The van der Waals surface area contributed by atoms with Gasteiger partial charge in [0.15, 0.2) is 6.61 Å². The Morgan fingerprint density at radius 2 is 1.60 bits per heavy atom. The summed E-state index contributed by atoms with van der Waals surface area (Å²) in [6.07, 6.45) is 0.971. The minimum atomic E-state index is -0.893. The molecule has 5 nitrogen and oxygen atoms in total. The lowest BCUT2D eigenvalue weighted by Gasteiger charge is -2.32. The second-order valence-electron chi connectivity index (χ2n) is 8.38. The number of rotatable bonds is 11. The standard InChI is InChI=1S/C28H30F2N2O3/c1-3-20(2)31-28(34)26(17-21-9-5-4-6-10-21)32(18-22-11-7-8-12-25(22)30)27(33)19-35-24-15-13-23(29)14-16-24/h4-16,20,26H,3,17-19H2,1-2H3,(H,31,34)/t20-,26+/m1/s1. The third-order valence-electron chi connectivity index (χ3n) is 5.75. The van der Waals surface area contributed by atoms with Crippen LogP contribution in [0.2, 0.25) is 0 Å². The number of halogens is 2. The maximum atomic E-state index is 14.6. The highest BCUT2D eigenvalue weighted by molar-refractivity contribution is 5.88. The zero-order valence-corrected chi connectivity index (χ0v) is 19.9. The normalized spacial score (nSPS) is 12.5. The molecule has 0 aromatic heterocycles. The molecule has 2 amide bonds. The molecule has 2 atom stereocenters. The second kappa shape index (κ2) is 12.6. The van der Waals surface area contributed by atoms with Crippen LogP contribution in [0.4, 0.5) is 8.78 Å². The van der Waals surface area contributed by atoms with Crippen LogP contribution >= 0.6 is 0 Å². The summed E-state index contributed by atoms with van der Waals surface area (Å²) in [7, 11) is 0. The van der Waals surface area contributed by atoms with Gasteiger partial charge in [-0.05, 0) is 49.2 Å². The fourth-order valence-electron chi connectivity index (χ4n) is 3.56. The van der Waals surface area contributed by atoms with Crippen LogP contribution < -0.4 is 10.1 Å². The van der Waals surface area contributed by atoms with Crippen LogP contribution in [0.25, 0.3) is 0 Å². The first-order valence-electron chi connectivity index (χ1n) is 11.6. The van der Waals surface area contributed by atoms with Gasteiger partial charge in [0.05, 0.1) is 0 Å². The van der Waals surface area contributed by atoms with Gasteiger partial charge in [-0.1, -0.05) is 55.5 Å². The van der Waals surface area contributed by atoms with Crippen molar-refractivity contribution < 1.29 is 23.1 Å². The lowest BCUT2D eigenvalue weighted by Crippen LogP contribution is -2.53. The summed E-state index contributed by atoms with van der Waals surface area (Å²) in [5.74, 6) is -1.39. The smallest absolute Gasteiger partial charge is 0.261 e. The molecule has 0 radical (unpaired) electrons. The molecule has 0 saturated heterocycles. The van der Waals surface area contributed by atoms with Gasteiger partial charge in [-0.25, -0.2) is 8.78 Å². The highest BCUT2D eigenvalue weighted by atomic mass is 19.1. The molecular formula is C28H30F2N2O3. The van der Waals surface area contributed by atoms with Gasteiger partial charge < -0.3 is 15.0 Å². The zero-order valence-electron chi connectivity index (χ0n) is 19.9. The third-order valence-corrected chi connectivity index (χ3v) is 5.75. The first-order valence-corrected chi connectivity index (χ1v) is 11.6. The van der Waals surface area contributed by atoms with Crippen molar-refractivity contribution in [1.29, 1.82) is 0 Å². The van der Waals surface area contributed by atoms with Crippen molar-refractivity contribution in [2.75, 3.05) is 6.61 Å². The minimum Gasteiger partial charge on any atom is -0.484 e. The van der Waals surface area contributed by atoms with Gasteiger partial charge in [0, 0.05) is 24.6 Å². The van der Waals surface area contributed by atoms with E-state index in [9.17, 15) is 18.4 Å².